The quantitative estimate of drug-likeness (QED) is 0.659. The summed E-state index contributed by atoms with van der Waals surface area (Å²) < 4.78 is 19.0. The fourth-order valence-corrected chi connectivity index (χ4v) is 5.55. The van der Waals surface area contributed by atoms with Crippen molar-refractivity contribution in [2.45, 2.75) is 24.7 Å². The Bertz CT molecular complexity index is 1350. The lowest BCUT2D eigenvalue weighted by Crippen LogP contribution is -2.54. The van der Waals surface area contributed by atoms with Crippen molar-refractivity contribution in [1.29, 1.82) is 0 Å². The van der Waals surface area contributed by atoms with Gasteiger partial charge >= 0.3 is 5.97 Å². The first-order chi connectivity index (χ1) is 16.2. The number of ether oxygens (including phenoxy) is 1. The van der Waals surface area contributed by atoms with Gasteiger partial charge in [-0.15, -0.1) is 0 Å². The van der Waals surface area contributed by atoms with Crippen LogP contribution in [0.4, 0.5) is 15.8 Å². The number of halogens is 2. The molecule has 0 radical (unpaired) electrons. The summed E-state index contributed by atoms with van der Waals surface area (Å²) in [7, 11) is 2.79. The molecule has 2 N–H and O–H groups in total. The third kappa shape index (κ3) is 2.72. The summed E-state index contributed by atoms with van der Waals surface area (Å²) in [4.78, 5) is 43.8. The van der Waals surface area contributed by atoms with Gasteiger partial charge in [-0.25, -0.2) is 9.18 Å². The minimum Gasteiger partial charge on any atom is -0.466 e. The van der Waals surface area contributed by atoms with Crippen LogP contribution in [0.3, 0.4) is 0 Å². The maximum atomic E-state index is 14.0. The Morgan fingerprint density at radius 3 is 2.62 bits per heavy atom. The fourth-order valence-electron chi connectivity index (χ4n) is 5.37. The second kappa shape index (κ2) is 7.70. The van der Waals surface area contributed by atoms with Crippen molar-refractivity contribution in [3.63, 3.8) is 0 Å². The Morgan fingerprint density at radius 1 is 1.18 bits per heavy atom. The highest BCUT2D eigenvalue weighted by atomic mass is 35.5. The van der Waals surface area contributed by atoms with Crippen LogP contribution in [0.2, 0.25) is 5.02 Å². The number of benzene rings is 2. The van der Waals surface area contributed by atoms with E-state index >= 15 is 0 Å². The summed E-state index contributed by atoms with van der Waals surface area (Å²) in [6, 6.07) is 11.0. The molecule has 1 atom stereocenters. The van der Waals surface area contributed by atoms with Gasteiger partial charge in [0.1, 0.15) is 22.6 Å². The Kier molecular flexibility index (Phi) is 5.02. The molecule has 2 heterocycles. The molecule has 1 spiro atoms. The highest BCUT2D eigenvalue weighted by molar-refractivity contribution is 6.31. The van der Waals surface area contributed by atoms with Crippen molar-refractivity contribution in [3.8, 4) is 0 Å². The van der Waals surface area contributed by atoms with E-state index < -0.39 is 23.1 Å². The molecule has 3 aliphatic rings. The topological polar surface area (TPSA) is 92.9 Å². The number of hydrogen-bond acceptors (Lipinski definition) is 6. The van der Waals surface area contributed by atoms with E-state index in [0.29, 0.717) is 35.5 Å². The summed E-state index contributed by atoms with van der Waals surface area (Å²) in [6.07, 6.45) is 1.17. The number of nitrogens with two attached hydrogens (primary N) is 1. The van der Waals surface area contributed by atoms with Crippen LogP contribution in [-0.4, -0.2) is 31.8 Å². The average Bonchev–Trinajstić information content (AvgIpc) is 3.04. The van der Waals surface area contributed by atoms with Gasteiger partial charge in [0.15, 0.2) is 5.78 Å². The van der Waals surface area contributed by atoms with Crippen LogP contribution in [0.15, 0.2) is 65.1 Å². The van der Waals surface area contributed by atoms with E-state index in [2.05, 4.69) is 0 Å². The van der Waals surface area contributed by atoms with Crippen LogP contribution in [0, 0.1) is 5.82 Å². The second-order valence-corrected chi connectivity index (χ2v) is 8.82. The molecule has 1 unspecified atom stereocenters. The molecule has 1 aliphatic carbocycles. The van der Waals surface area contributed by atoms with Crippen molar-refractivity contribution in [2.75, 3.05) is 24.0 Å². The third-order valence-electron chi connectivity index (χ3n) is 6.75. The SMILES string of the molecule is COC(=O)C1=C(N)N(c2ccc(F)c(Cl)c2)C2=C(C(=O)CCC2)C12C(=O)N(C)c1ccccc12. The molecule has 2 aliphatic heterocycles. The van der Waals surface area contributed by atoms with Gasteiger partial charge in [-0.3, -0.25) is 14.5 Å². The zero-order valence-electron chi connectivity index (χ0n) is 18.5. The van der Waals surface area contributed by atoms with Crippen LogP contribution in [0.25, 0.3) is 0 Å². The molecule has 0 fully saturated rings. The molecule has 174 valence electrons. The van der Waals surface area contributed by atoms with Crippen LogP contribution in [0.5, 0.6) is 0 Å². The molecule has 1 amide bonds. The number of carbonyl (C=O) groups excluding carboxylic acids is 3. The van der Waals surface area contributed by atoms with Crippen molar-refractivity contribution in [1.82, 2.24) is 0 Å². The summed E-state index contributed by atoms with van der Waals surface area (Å²) in [5.74, 6) is -2.24. The first-order valence-corrected chi connectivity index (χ1v) is 11.1. The number of likely N-dealkylation sites (N-methyl/N-ethyl adjacent to an activating group) is 1. The van der Waals surface area contributed by atoms with Crippen molar-refractivity contribution < 1.29 is 23.5 Å². The van der Waals surface area contributed by atoms with Crippen LogP contribution < -0.4 is 15.5 Å². The Hall–Kier alpha value is -3.65. The number of hydrogen-bond donors (Lipinski definition) is 1. The molecular formula is C25H21ClFN3O4. The predicted octanol–water partition coefficient (Wildman–Crippen LogP) is 3.56. The molecule has 5 rings (SSSR count). The second-order valence-electron chi connectivity index (χ2n) is 8.42. The normalized spacial score (nSPS) is 21.9. The molecule has 7 nitrogen and oxygen atoms in total. The Labute approximate surface area is 200 Å². The van der Waals surface area contributed by atoms with Gasteiger partial charge in [-0.2, -0.15) is 0 Å². The summed E-state index contributed by atoms with van der Waals surface area (Å²) in [6.45, 7) is 0. The van der Waals surface area contributed by atoms with E-state index in [-0.39, 0.29) is 34.2 Å². The van der Waals surface area contributed by atoms with Crippen LogP contribution >= 0.6 is 11.6 Å². The number of amides is 1. The van der Waals surface area contributed by atoms with Gasteiger partial charge < -0.3 is 15.4 Å². The predicted molar refractivity (Wildman–Crippen MR) is 125 cm³/mol. The number of para-hydroxylation sites is 1. The molecule has 2 aromatic rings. The van der Waals surface area contributed by atoms with Gasteiger partial charge in [0.05, 0.1) is 12.1 Å². The minimum atomic E-state index is -1.74. The Morgan fingerprint density at radius 2 is 1.91 bits per heavy atom. The zero-order chi connectivity index (χ0) is 24.4. The molecule has 9 heteroatoms. The molecule has 0 saturated carbocycles. The first kappa shape index (κ1) is 22.2. The van der Waals surface area contributed by atoms with Crippen molar-refractivity contribution in [3.05, 3.63) is 81.5 Å². The summed E-state index contributed by atoms with van der Waals surface area (Å²) in [5.41, 5.74) is 6.87. The smallest absolute Gasteiger partial charge is 0.339 e. The van der Waals surface area contributed by atoms with Crippen LogP contribution in [0.1, 0.15) is 24.8 Å². The number of Topliss-reactive ketones (excluding diaryl/α,β-unsaturated/α-hetero) is 1. The van der Waals surface area contributed by atoms with Gasteiger partial charge in [0.2, 0.25) is 5.91 Å². The number of esters is 1. The summed E-state index contributed by atoms with van der Waals surface area (Å²) in [5, 5.41) is -0.142. The van der Waals surface area contributed by atoms with Gasteiger partial charge in [-0.1, -0.05) is 29.8 Å². The lowest BCUT2D eigenvalue weighted by molar-refractivity contribution is -0.138. The highest BCUT2D eigenvalue weighted by Crippen LogP contribution is 2.56. The molecule has 2 aromatic carbocycles. The molecule has 34 heavy (non-hydrogen) atoms. The largest absolute Gasteiger partial charge is 0.466 e. The van der Waals surface area contributed by atoms with E-state index in [1.54, 1.807) is 31.3 Å². The monoisotopic (exact) mass is 481 g/mol. The molecule has 0 saturated heterocycles. The van der Waals surface area contributed by atoms with E-state index in [4.69, 9.17) is 22.1 Å². The number of allylic oxidation sites excluding steroid dienone is 1. The zero-order valence-corrected chi connectivity index (χ0v) is 19.3. The molecular weight excluding hydrogens is 461 g/mol. The first-order valence-electron chi connectivity index (χ1n) is 10.7. The highest BCUT2D eigenvalue weighted by Gasteiger charge is 2.63. The van der Waals surface area contributed by atoms with Crippen molar-refractivity contribution in [2.24, 2.45) is 5.73 Å². The van der Waals surface area contributed by atoms with Gasteiger partial charge in [0.25, 0.3) is 0 Å². The maximum absolute atomic E-state index is 14.0. The van der Waals surface area contributed by atoms with Gasteiger partial charge in [-0.05, 0) is 37.1 Å². The molecule has 0 aromatic heterocycles. The van der Waals surface area contributed by atoms with E-state index in [1.165, 1.54) is 35.1 Å². The number of fused-ring (bicyclic) bond motifs is 3. The lowest BCUT2D eigenvalue weighted by atomic mass is 9.63. The van der Waals surface area contributed by atoms with E-state index in [0.717, 1.165) is 0 Å². The average molecular weight is 482 g/mol. The lowest BCUT2D eigenvalue weighted by Gasteiger charge is -2.44. The number of carbonyl (C=O) groups is 3. The summed E-state index contributed by atoms with van der Waals surface area (Å²) >= 11 is 6.05. The van der Waals surface area contributed by atoms with Gasteiger partial charge in [0, 0.05) is 41.7 Å². The third-order valence-corrected chi connectivity index (χ3v) is 7.04. The molecule has 0 bridgehead atoms. The number of methoxy groups -OCH3 is 1. The Balaban J connectivity index is 1.92. The number of anilines is 2. The standard InChI is InChI=1S/C25H21ClFN3O4/c1-29-17-7-4-3-6-14(17)25(24(29)33)20-18(8-5-9-19(20)31)30(22(28)21(25)23(32)34-2)13-10-11-16(27)15(26)12-13/h3-4,6-7,10-12H,5,8-9,28H2,1-2H3. The van der Waals surface area contributed by atoms with Crippen molar-refractivity contribution >= 4 is 40.6 Å². The number of rotatable bonds is 2. The fraction of sp³-hybridized carbons (Fsp3) is 0.240. The van der Waals surface area contributed by atoms with E-state index in [1.807, 2.05) is 0 Å². The van der Waals surface area contributed by atoms with E-state index in [9.17, 15) is 18.8 Å². The number of nitrogens with zero attached hydrogens (tertiary/aromatic N) is 2. The number of ketones is 1. The van der Waals surface area contributed by atoms with Crippen LogP contribution in [-0.2, 0) is 24.5 Å². The minimum absolute atomic E-state index is 0.0681. The maximum Gasteiger partial charge on any atom is 0.339 e.